The van der Waals surface area contributed by atoms with Crippen molar-refractivity contribution < 1.29 is 24.9 Å². The van der Waals surface area contributed by atoms with E-state index in [1.54, 1.807) is 0 Å². The van der Waals surface area contributed by atoms with E-state index >= 15 is 0 Å². The van der Waals surface area contributed by atoms with E-state index in [0.717, 1.165) is 24.8 Å². The smallest absolute Gasteiger partial charge is 0.303 e. The molecule has 0 unspecified atom stereocenters. The summed E-state index contributed by atoms with van der Waals surface area (Å²) in [5, 5.41) is 34.1. The van der Waals surface area contributed by atoms with Crippen LogP contribution in [-0.4, -0.2) is 45.7 Å². The zero-order valence-corrected chi connectivity index (χ0v) is 24.4. The van der Waals surface area contributed by atoms with Gasteiger partial charge in [0.15, 0.2) is 0 Å². The number of carbonyl (C=O) groups is 1. The summed E-state index contributed by atoms with van der Waals surface area (Å²) in [6, 6.07) is 0. The van der Waals surface area contributed by atoms with Crippen molar-refractivity contribution in [2.24, 2.45) is 63.6 Å². The molecule has 5 rings (SSSR count). The maximum absolute atomic E-state index is 12.5. The van der Waals surface area contributed by atoms with Crippen LogP contribution in [0.25, 0.3) is 0 Å². The molecule has 0 bridgehead atoms. The molecule has 4 saturated carbocycles. The Morgan fingerprint density at radius 1 is 1.03 bits per heavy atom. The molecular formula is C32H52O5. The van der Waals surface area contributed by atoms with Gasteiger partial charge in [0.1, 0.15) is 6.10 Å². The molecular weight excluding hydrogens is 464 g/mol. The van der Waals surface area contributed by atoms with Gasteiger partial charge in [-0.1, -0.05) is 60.1 Å². The summed E-state index contributed by atoms with van der Waals surface area (Å²) in [6.45, 7) is 17.9. The summed E-state index contributed by atoms with van der Waals surface area (Å²) in [5.74, 6) is 2.35. The van der Waals surface area contributed by atoms with Crippen LogP contribution in [0.2, 0.25) is 0 Å². The molecule has 0 heterocycles. The number of ether oxygens (including phenoxy) is 1. The molecule has 0 radical (unpaired) electrons. The van der Waals surface area contributed by atoms with Crippen molar-refractivity contribution in [2.75, 3.05) is 0 Å². The van der Waals surface area contributed by atoms with Gasteiger partial charge in [0.2, 0.25) is 0 Å². The SMILES string of the molecule is CC(=O)O[C@@H]1[C@@H](O)[C@H]2[C@@H]([C@H](O)C=C3C[C@@H](O)CC[C@@]32C)[C@@H]2CC[C@H]([C@H](C)[C@H]3C[C@]3(C)[C@@H](C)C(C)C)[C@@]12C. The van der Waals surface area contributed by atoms with Gasteiger partial charge >= 0.3 is 5.97 Å². The first-order valence-corrected chi connectivity index (χ1v) is 15.1. The Hall–Kier alpha value is -0.910. The fourth-order valence-corrected chi connectivity index (χ4v) is 10.7. The Kier molecular flexibility index (Phi) is 6.77. The lowest BCUT2D eigenvalue weighted by Gasteiger charge is -2.63. The molecule has 0 aromatic carbocycles. The number of hydrogen-bond acceptors (Lipinski definition) is 5. The molecule has 5 heteroatoms. The molecule has 0 amide bonds. The molecule has 210 valence electrons. The minimum Gasteiger partial charge on any atom is -0.459 e. The van der Waals surface area contributed by atoms with Crippen LogP contribution < -0.4 is 0 Å². The molecule has 0 saturated heterocycles. The Morgan fingerprint density at radius 3 is 2.32 bits per heavy atom. The molecule has 5 aliphatic carbocycles. The van der Waals surface area contributed by atoms with Crippen LogP contribution in [-0.2, 0) is 9.53 Å². The second kappa shape index (κ2) is 9.06. The fraction of sp³-hybridized carbons (Fsp3) is 0.906. The van der Waals surface area contributed by atoms with Gasteiger partial charge in [-0.15, -0.1) is 0 Å². The van der Waals surface area contributed by atoms with Crippen LogP contribution in [0.3, 0.4) is 0 Å². The van der Waals surface area contributed by atoms with Gasteiger partial charge in [0.05, 0.1) is 18.3 Å². The second-order valence-corrected chi connectivity index (χ2v) is 15.0. The van der Waals surface area contributed by atoms with Gasteiger partial charge in [-0.25, -0.2) is 0 Å². The highest BCUT2D eigenvalue weighted by Gasteiger charge is 2.70. The zero-order valence-electron chi connectivity index (χ0n) is 24.4. The van der Waals surface area contributed by atoms with Crippen molar-refractivity contribution in [1.29, 1.82) is 0 Å². The van der Waals surface area contributed by atoms with Crippen LogP contribution in [0.5, 0.6) is 0 Å². The van der Waals surface area contributed by atoms with Crippen LogP contribution in [0.15, 0.2) is 11.6 Å². The minimum absolute atomic E-state index is 0.0619. The first-order chi connectivity index (χ1) is 17.2. The van der Waals surface area contributed by atoms with E-state index in [2.05, 4.69) is 48.5 Å². The van der Waals surface area contributed by atoms with Gasteiger partial charge in [0.25, 0.3) is 0 Å². The monoisotopic (exact) mass is 516 g/mol. The summed E-state index contributed by atoms with van der Waals surface area (Å²) in [6.07, 6.45) is 4.91. The van der Waals surface area contributed by atoms with E-state index in [9.17, 15) is 20.1 Å². The molecule has 5 aliphatic rings. The lowest BCUT2D eigenvalue weighted by molar-refractivity contribution is -0.231. The zero-order chi connectivity index (χ0) is 27.2. The molecule has 37 heavy (non-hydrogen) atoms. The molecule has 4 fully saturated rings. The predicted molar refractivity (Wildman–Crippen MR) is 144 cm³/mol. The standard InChI is InChI=1S/C32H52O5/c1-16(2)18(4)31(7)15-24(31)17(3)22-9-10-23-26-25(35)14-20-13-21(34)11-12-30(20,6)27(26)28(36)29(32(22,23)8)37-19(5)33/h14,16-18,21-29,34-36H,9-13,15H2,1-8H3/t17-,18-,21-,22+,23-,24+,25+,26+,27+,28-,29+,30-,31+,32+/m0/s1. The Balaban J connectivity index is 1.53. The van der Waals surface area contributed by atoms with E-state index < -0.39 is 24.4 Å². The highest BCUT2D eigenvalue weighted by molar-refractivity contribution is 5.66. The quantitative estimate of drug-likeness (QED) is 0.338. The normalized spacial score (nSPS) is 52.4. The number of rotatable bonds is 5. The third-order valence-electron chi connectivity index (χ3n) is 13.2. The molecule has 0 aliphatic heterocycles. The summed E-state index contributed by atoms with van der Waals surface area (Å²) in [7, 11) is 0. The molecule has 0 aromatic heterocycles. The maximum Gasteiger partial charge on any atom is 0.303 e. The highest BCUT2D eigenvalue weighted by atomic mass is 16.6. The van der Waals surface area contributed by atoms with Gasteiger partial charge in [-0.2, -0.15) is 0 Å². The molecule has 0 spiro atoms. The average Bonchev–Trinajstić information content (AvgIpc) is 3.39. The number of carbonyl (C=O) groups excluding carboxylic acids is 1. The van der Waals surface area contributed by atoms with Crippen molar-refractivity contribution in [2.45, 2.75) is 118 Å². The summed E-state index contributed by atoms with van der Waals surface area (Å²) in [4.78, 5) is 12.5. The van der Waals surface area contributed by atoms with Gasteiger partial charge < -0.3 is 20.1 Å². The first kappa shape index (κ1) is 27.6. The lowest BCUT2D eigenvalue weighted by atomic mass is 9.44. The molecule has 3 N–H and O–H groups in total. The van der Waals surface area contributed by atoms with Crippen molar-refractivity contribution >= 4 is 5.97 Å². The predicted octanol–water partition coefficient (Wildman–Crippen LogP) is 5.36. The fourth-order valence-electron chi connectivity index (χ4n) is 10.7. The Bertz CT molecular complexity index is 943. The Labute approximate surface area is 224 Å². The lowest BCUT2D eigenvalue weighted by Crippen LogP contribution is -2.67. The van der Waals surface area contributed by atoms with Gasteiger partial charge in [0, 0.05) is 18.3 Å². The van der Waals surface area contributed by atoms with E-state index in [1.807, 2.05) is 6.08 Å². The maximum atomic E-state index is 12.5. The van der Waals surface area contributed by atoms with Crippen molar-refractivity contribution in [3.8, 4) is 0 Å². The molecule has 5 nitrogen and oxygen atoms in total. The van der Waals surface area contributed by atoms with Crippen molar-refractivity contribution in [3.05, 3.63) is 11.6 Å². The van der Waals surface area contributed by atoms with Gasteiger partial charge in [-0.05, 0) is 90.8 Å². The number of fused-ring (bicyclic) bond motifs is 5. The largest absolute Gasteiger partial charge is 0.459 e. The summed E-state index contributed by atoms with van der Waals surface area (Å²) in [5.41, 5.74) is 0.733. The van der Waals surface area contributed by atoms with Crippen LogP contribution >= 0.6 is 0 Å². The van der Waals surface area contributed by atoms with E-state index in [1.165, 1.54) is 13.3 Å². The van der Waals surface area contributed by atoms with E-state index in [0.29, 0.717) is 47.8 Å². The van der Waals surface area contributed by atoms with Crippen LogP contribution in [0, 0.1) is 63.6 Å². The minimum atomic E-state index is -0.832. The summed E-state index contributed by atoms with van der Waals surface area (Å²) < 4.78 is 6.13. The number of hydrogen-bond donors (Lipinski definition) is 3. The number of aliphatic hydroxyl groups excluding tert-OH is 3. The molecule has 0 aromatic rings. The number of esters is 1. The first-order valence-electron chi connectivity index (χ1n) is 15.1. The third-order valence-corrected chi connectivity index (χ3v) is 13.2. The molecule has 14 atom stereocenters. The van der Waals surface area contributed by atoms with E-state index in [4.69, 9.17) is 4.74 Å². The van der Waals surface area contributed by atoms with Gasteiger partial charge in [-0.3, -0.25) is 4.79 Å². The van der Waals surface area contributed by atoms with E-state index in [-0.39, 0.29) is 34.6 Å². The Morgan fingerprint density at radius 2 is 1.70 bits per heavy atom. The highest BCUT2D eigenvalue weighted by Crippen LogP contribution is 2.71. The van der Waals surface area contributed by atoms with Crippen molar-refractivity contribution in [3.63, 3.8) is 0 Å². The number of aliphatic hydroxyl groups is 3. The average molecular weight is 517 g/mol. The van der Waals surface area contributed by atoms with Crippen molar-refractivity contribution in [1.82, 2.24) is 0 Å². The van der Waals surface area contributed by atoms with Crippen LogP contribution in [0.4, 0.5) is 0 Å². The second-order valence-electron chi connectivity index (χ2n) is 15.0. The third kappa shape index (κ3) is 3.91. The van der Waals surface area contributed by atoms with Crippen LogP contribution in [0.1, 0.15) is 93.9 Å². The topological polar surface area (TPSA) is 87.0 Å². The summed E-state index contributed by atoms with van der Waals surface area (Å²) >= 11 is 0.